The fourth-order valence-electron chi connectivity index (χ4n) is 0.796. The Hall–Kier alpha value is -0.970. The summed E-state index contributed by atoms with van der Waals surface area (Å²) in [6.07, 6.45) is 1.00. The number of nitrogens with two attached hydrogens (primary N) is 1. The zero-order valence-corrected chi connectivity index (χ0v) is 7.78. The molecule has 5 heteroatoms. The van der Waals surface area contributed by atoms with Crippen molar-refractivity contribution in [3.05, 3.63) is 5.82 Å². The zero-order chi connectivity index (χ0) is 9.19. The third kappa shape index (κ3) is 2.01. The highest BCUT2D eigenvalue weighted by Crippen LogP contribution is 2.08. The molecule has 5 nitrogen and oxygen atoms in total. The Morgan fingerprint density at radius 2 is 2.17 bits per heavy atom. The van der Waals surface area contributed by atoms with Crippen LogP contribution in [0.4, 0.5) is 0 Å². The molecule has 0 aliphatic carbocycles. The fraction of sp³-hybridized carbons (Fsp3) is 0.857. The Morgan fingerprint density at radius 3 is 2.58 bits per heavy atom. The zero-order valence-electron chi connectivity index (χ0n) is 7.78. The quantitative estimate of drug-likeness (QED) is 0.705. The van der Waals surface area contributed by atoms with Crippen LogP contribution < -0.4 is 5.73 Å². The van der Waals surface area contributed by atoms with Crippen LogP contribution in [0, 0.1) is 0 Å². The molecule has 2 N–H and O–H groups in total. The van der Waals surface area contributed by atoms with E-state index in [1.807, 2.05) is 13.8 Å². The summed E-state index contributed by atoms with van der Waals surface area (Å²) >= 11 is 0. The average molecular weight is 169 g/mol. The maximum atomic E-state index is 5.79. The van der Waals surface area contributed by atoms with Crippen molar-refractivity contribution >= 4 is 0 Å². The van der Waals surface area contributed by atoms with Crippen molar-refractivity contribution in [1.29, 1.82) is 0 Å². The molecule has 1 aromatic heterocycles. The Morgan fingerprint density at radius 1 is 1.50 bits per heavy atom. The summed E-state index contributed by atoms with van der Waals surface area (Å²) in [6.45, 7) is 6.58. The second-order valence-corrected chi connectivity index (χ2v) is 3.43. The van der Waals surface area contributed by atoms with Crippen molar-refractivity contribution in [2.24, 2.45) is 5.73 Å². The molecule has 0 fully saturated rings. The fourth-order valence-corrected chi connectivity index (χ4v) is 0.796. The largest absolute Gasteiger partial charge is 0.319 e. The van der Waals surface area contributed by atoms with Gasteiger partial charge in [-0.05, 0) is 25.5 Å². The van der Waals surface area contributed by atoms with Crippen LogP contribution in [-0.4, -0.2) is 20.2 Å². The van der Waals surface area contributed by atoms with Gasteiger partial charge < -0.3 is 5.73 Å². The molecule has 0 amide bonds. The summed E-state index contributed by atoms with van der Waals surface area (Å²) in [6, 6.07) is 0. The predicted molar refractivity (Wildman–Crippen MR) is 45.3 cm³/mol. The van der Waals surface area contributed by atoms with Crippen molar-refractivity contribution < 1.29 is 0 Å². The first-order valence-corrected chi connectivity index (χ1v) is 4.11. The highest BCUT2D eigenvalue weighted by Gasteiger charge is 2.19. The molecule has 12 heavy (non-hydrogen) atoms. The Balaban J connectivity index is 2.77. The van der Waals surface area contributed by atoms with E-state index >= 15 is 0 Å². The van der Waals surface area contributed by atoms with Gasteiger partial charge in [-0.2, -0.15) is 4.80 Å². The van der Waals surface area contributed by atoms with Crippen molar-refractivity contribution in [3.8, 4) is 0 Å². The molecular formula is C7H15N5. The summed E-state index contributed by atoms with van der Waals surface area (Å²) in [4.78, 5) is 1.57. The van der Waals surface area contributed by atoms with Gasteiger partial charge in [-0.1, -0.05) is 6.92 Å². The van der Waals surface area contributed by atoms with Crippen LogP contribution in [-0.2, 0) is 12.1 Å². The first-order valence-electron chi connectivity index (χ1n) is 4.11. The standard InChI is InChI=1S/C7H15N5/c1-4-5-12-10-6(9-11-12)7(2,3)8/h4-5,8H2,1-3H3. The van der Waals surface area contributed by atoms with E-state index in [9.17, 15) is 0 Å². The highest BCUT2D eigenvalue weighted by molar-refractivity contribution is 4.94. The van der Waals surface area contributed by atoms with Gasteiger partial charge in [0.1, 0.15) is 0 Å². The number of aromatic nitrogens is 4. The first-order chi connectivity index (χ1) is 5.54. The van der Waals surface area contributed by atoms with E-state index in [-0.39, 0.29) is 0 Å². The van der Waals surface area contributed by atoms with E-state index in [4.69, 9.17) is 5.73 Å². The lowest BCUT2D eigenvalue weighted by molar-refractivity contribution is 0.487. The van der Waals surface area contributed by atoms with Crippen LogP contribution in [0.3, 0.4) is 0 Å². The molecule has 0 aliphatic rings. The summed E-state index contributed by atoms with van der Waals surface area (Å²) in [7, 11) is 0. The van der Waals surface area contributed by atoms with E-state index in [1.165, 1.54) is 0 Å². The number of nitrogens with zero attached hydrogens (tertiary/aromatic N) is 4. The lowest BCUT2D eigenvalue weighted by Crippen LogP contribution is -2.30. The smallest absolute Gasteiger partial charge is 0.193 e. The molecule has 0 aliphatic heterocycles. The Bertz CT molecular complexity index is 247. The van der Waals surface area contributed by atoms with Gasteiger partial charge in [-0.25, -0.2) is 0 Å². The number of hydrogen-bond acceptors (Lipinski definition) is 4. The van der Waals surface area contributed by atoms with Gasteiger partial charge in [-0.15, -0.1) is 10.2 Å². The minimum Gasteiger partial charge on any atom is -0.319 e. The van der Waals surface area contributed by atoms with Gasteiger partial charge in [0.2, 0.25) is 0 Å². The minimum absolute atomic E-state index is 0.494. The van der Waals surface area contributed by atoms with Gasteiger partial charge in [0, 0.05) is 0 Å². The van der Waals surface area contributed by atoms with E-state index < -0.39 is 5.54 Å². The summed E-state index contributed by atoms with van der Waals surface area (Å²) in [5.41, 5.74) is 5.29. The summed E-state index contributed by atoms with van der Waals surface area (Å²) in [5.74, 6) is 0.593. The number of hydrogen-bond donors (Lipinski definition) is 1. The Kier molecular flexibility index (Phi) is 2.42. The molecule has 0 saturated heterocycles. The first kappa shape index (κ1) is 9.12. The van der Waals surface area contributed by atoms with Crippen LogP contribution in [0.5, 0.6) is 0 Å². The molecular weight excluding hydrogens is 154 g/mol. The van der Waals surface area contributed by atoms with Gasteiger partial charge in [0.05, 0.1) is 12.1 Å². The SMILES string of the molecule is CCCn1nnc(C(C)(C)N)n1. The molecule has 68 valence electrons. The average Bonchev–Trinajstić information content (AvgIpc) is 2.35. The molecule has 0 atom stereocenters. The second kappa shape index (κ2) is 3.18. The van der Waals surface area contributed by atoms with Crippen molar-refractivity contribution in [2.45, 2.75) is 39.3 Å². The molecule has 1 heterocycles. The van der Waals surface area contributed by atoms with Gasteiger partial charge in [-0.3, -0.25) is 0 Å². The highest BCUT2D eigenvalue weighted by atomic mass is 15.6. The molecule has 0 unspecified atom stereocenters. The summed E-state index contributed by atoms with van der Waals surface area (Å²) < 4.78 is 0. The third-order valence-corrected chi connectivity index (χ3v) is 1.45. The maximum Gasteiger partial charge on any atom is 0.193 e. The number of aryl methyl sites for hydroxylation is 1. The molecule has 0 bridgehead atoms. The third-order valence-electron chi connectivity index (χ3n) is 1.45. The second-order valence-electron chi connectivity index (χ2n) is 3.43. The molecule has 1 aromatic rings. The Labute approximate surface area is 71.9 Å². The minimum atomic E-state index is -0.494. The predicted octanol–water partition coefficient (Wildman–Crippen LogP) is 0.277. The van der Waals surface area contributed by atoms with Gasteiger partial charge in [0.15, 0.2) is 5.82 Å². The molecule has 0 saturated carbocycles. The lowest BCUT2D eigenvalue weighted by atomic mass is 10.1. The molecule has 0 radical (unpaired) electrons. The van der Waals surface area contributed by atoms with Crippen molar-refractivity contribution in [3.63, 3.8) is 0 Å². The van der Waals surface area contributed by atoms with Crippen LogP contribution in [0.2, 0.25) is 0 Å². The maximum absolute atomic E-state index is 5.79. The van der Waals surface area contributed by atoms with Crippen molar-refractivity contribution in [2.75, 3.05) is 0 Å². The number of rotatable bonds is 3. The van der Waals surface area contributed by atoms with Gasteiger partial charge >= 0.3 is 0 Å². The van der Waals surface area contributed by atoms with E-state index in [2.05, 4.69) is 22.3 Å². The molecule has 0 spiro atoms. The van der Waals surface area contributed by atoms with Crippen LogP contribution in [0.15, 0.2) is 0 Å². The van der Waals surface area contributed by atoms with E-state index in [0.717, 1.165) is 13.0 Å². The van der Waals surface area contributed by atoms with Crippen LogP contribution in [0.1, 0.15) is 33.0 Å². The van der Waals surface area contributed by atoms with Crippen LogP contribution >= 0.6 is 0 Å². The van der Waals surface area contributed by atoms with E-state index in [1.54, 1.807) is 4.80 Å². The normalized spacial score (nSPS) is 12.0. The lowest BCUT2D eigenvalue weighted by Gasteiger charge is -2.11. The summed E-state index contributed by atoms with van der Waals surface area (Å²) in [5, 5.41) is 11.9. The van der Waals surface area contributed by atoms with Crippen molar-refractivity contribution in [1.82, 2.24) is 20.2 Å². The van der Waals surface area contributed by atoms with E-state index in [0.29, 0.717) is 5.82 Å². The monoisotopic (exact) mass is 169 g/mol. The molecule has 0 aromatic carbocycles. The topological polar surface area (TPSA) is 69.6 Å². The van der Waals surface area contributed by atoms with Crippen LogP contribution in [0.25, 0.3) is 0 Å². The molecule has 1 rings (SSSR count). The van der Waals surface area contributed by atoms with Gasteiger partial charge in [0.25, 0.3) is 0 Å². The number of tetrazole rings is 1.